The van der Waals surface area contributed by atoms with Crippen molar-refractivity contribution in [1.82, 2.24) is 19.6 Å². The third kappa shape index (κ3) is 3.64. The first-order chi connectivity index (χ1) is 12.2. The van der Waals surface area contributed by atoms with Crippen molar-refractivity contribution in [2.75, 3.05) is 26.2 Å². The minimum atomic E-state index is -0.878. The van der Waals surface area contributed by atoms with Crippen LogP contribution in [0.5, 0.6) is 0 Å². The molecule has 2 aromatic heterocycles. The molecule has 1 atom stereocenters. The predicted molar refractivity (Wildman–Crippen MR) is 91.7 cm³/mol. The third-order valence-electron chi connectivity index (χ3n) is 5.39. The van der Waals surface area contributed by atoms with E-state index in [4.69, 9.17) is 9.52 Å². The fourth-order valence-corrected chi connectivity index (χ4v) is 3.94. The molecule has 2 aliphatic heterocycles. The number of aliphatic hydroxyl groups excluding tert-OH is 2. The average Bonchev–Trinajstić information content (AvgIpc) is 3.30. The van der Waals surface area contributed by atoms with E-state index in [2.05, 4.69) is 14.9 Å². The molecule has 25 heavy (non-hydrogen) atoms. The van der Waals surface area contributed by atoms with Crippen molar-refractivity contribution in [3.63, 3.8) is 0 Å². The first-order valence-corrected chi connectivity index (χ1v) is 9.07. The summed E-state index contributed by atoms with van der Waals surface area (Å²) < 4.78 is 7.42. The number of piperidine rings is 1. The second kappa shape index (κ2) is 7.29. The Morgan fingerprint density at radius 2 is 2.08 bits per heavy atom. The van der Waals surface area contributed by atoms with Crippen LogP contribution in [0.4, 0.5) is 0 Å². The van der Waals surface area contributed by atoms with Gasteiger partial charge in [0.15, 0.2) is 0 Å². The summed E-state index contributed by atoms with van der Waals surface area (Å²) in [5, 5.41) is 23.3. The first-order valence-electron chi connectivity index (χ1n) is 9.07. The maximum absolute atomic E-state index is 9.78. The van der Waals surface area contributed by atoms with E-state index < -0.39 is 6.10 Å². The molecule has 4 heterocycles. The van der Waals surface area contributed by atoms with Gasteiger partial charge >= 0.3 is 0 Å². The van der Waals surface area contributed by atoms with Gasteiger partial charge in [-0.3, -0.25) is 14.5 Å². The van der Waals surface area contributed by atoms with Crippen molar-refractivity contribution < 1.29 is 14.6 Å². The van der Waals surface area contributed by atoms with Gasteiger partial charge in [-0.1, -0.05) is 0 Å². The Morgan fingerprint density at radius 1 is 1.24 bits per heavy atom. The lowest BCUT2D eigenvalue weighted by molar-refractivity contribution is 0.0786. The maximum atomic E-state index is 9.78. The van der Waals surface area contributed by atoms with Gasteiger partial charge in [-0.2, -0.15) is 5.10 Å². The normalized spacial score (nSPS) is 21.4. The number of nitrogens with zero attached hydrogens (tertiary/aromatic N) is 4. The van der Waals surface area contributed by atoms with E-state index in [0.29, 0.717) is 11.7 Å². The van der Waals surface area contributed by atoms with Crippen LogP contribution in [0.15, 0.2) is 28.9 Å². The summed E-state index contributed by atoms with van der Waals surface area (Å²) in [6.45, 7) is 5.51. The van der Waals surface area contributed by atoms with E-state index in [1.54, 1.807) is 6.26 Å². The summed E-state index contributed by atoms with van der Waals surface area (Å²) >= 11 is 0. The van der Waals surface area contributed by atoms with E-state index in [1.165, 1.54) is 12.8 Å². The van der Waals surface area contributed by atoms with Gasteiger partial charge in [-0.25, -0.2) is 0 Å². The van der Waals surface area contributed by atoms with Crippen molar-refractivity contribution in [1.29, 1.82) is 0 Å². The molecule has 1 unspecified atom stereocenters. The topological polar surface area (TPSA) is 77.9 Å². The number of hydrogen-bond acceptors (Lipinski definition) is 6. The lowest BCUT2D eigenvalue weighted by Crippen LogP contribution is -2.47. The molecule has 4 rings (SSSR count). The Morgan fingerprint density at radius 3 is 2.80 bits per heavy atom. The molecule has 7 nitrogen and oxygen atoms in total. The molecule has 0 aliphatic carbocycles. The molecule has 0 aromatic carbocycles. The lowest BCUT2D eigenvalue weighted by Gasteiger charge is -2.40. The highest BCUT2D eigenvalue weighted by Gasteiger charge is 2.28. The van der Waals surface area contributed by atoms with Crippen LogP contribution in [0, 0.1) is 0 Å². The molecule has 0 bridgehead atoms. The van der Waals surface area contributed by atoms with Crippen molar-refractivity contribution in [3.8, 4) is 0 Å². The number of rotatable bonds is 5. The zero-order chi connectivity index (χ0) is 17.2. The third-order valence-corrected chi connectivity index (χ3v) is 5.39. The molecule has 136 valence electrons. The summed E-state index contributed by atoms with van der Waals surface area (Å²) in [4.78, 5) is 5.00. The van der Waals surface area contributed by atoms with E-state index >= 15 is 0 Å². The van der Waals surface area contributed by atoms with Gasteiger partial charge in [0.25, 0.3) is 0 Å². The van der Waals surface area contributed by atoms with Crippen LogP contribution in [0.3, 0.4) is 0 Å². The molecule has 0 spiro atoms. The lowest BCUT2D eigenvalue weighted by atomic mass is 10.0. The Bertz CT molecular complexity index is 677. The highest BCUT2D eigenvalue weighted by atomic mass is 16.3. The minimum Gasteiger partial charge on any atom is -0.468 e. The van der Waals surface area contributed by atoms with Crippen LogP contribution in [0.2, 0.25) is 0 Å². The predicted octanol–water partition coefficient (Wildman–Crippen LogP) is 0.982. The molecule has 1 fully saturated rings. The molecular formula is C18H26N4O3. The molecule has 0 saturated carbocycles. The van der Waals surface area contributed by atoms with Crippen LogP contribution in [-0.4, -0.2) is 62.1 Å². The van der Waals surface area contributed by atoms with Crippen molar-refractivity contribution >= 4 is 0 Å². The van der Waals surface area contributed by atoms with E-state index in [9.17, 15) is 5.11 Å². The molecule has 1 saturated heterocycles. The van der Waals surface area contributed by atoms with Gasteiger partial charge < -0.3 is 14.6 Å². The fraction of sp³-hybridized carbons (Fsp3) is 0.611. The number of fused-ring (bicyclic) bond motifs is 1. The summed E-state index contributed by atoms with van der Waals surface area (Å²) in [5.41, 5.74) is 1.71. The maximum Gasteiger partial charge on any atom is 0.121 e. The van der Waals surface area contributed by atoms with Crippen LogP contribution in [0.1, 0.15) is 36.1 Å². The van der Waals surface area contributed by atoms with Crippen molar-refractivity contribution in [2.45, 2.75) is 44.6 Å². The highest BCUT2D eigenvalue weighted by Crippen LogP contribution is 2.24. The minimum absolute atomic E-state index is 0.283. The van der Waals surface area contributed by atoms with Gasteiger partial charge in [0.2, 0.25) is 0 Å². The van der Waals surface area contributed by atoms with Gasteiger partial charge in [-0.05, 0) is 31.0 Å². The van der Waals surface area contributed by atoms with Crippen LogP contribution < -0.4 is 0 Å². The zero-order valence-corrected chi connectivity index (χ0v) is 14.4. The standard InChI is InChI=1S/C18H26N4O3/c23-13-18(24)17-10-15-11-21(7-8-22(15)19-17)14-3-5-20(6-4-14)12-16-2-1-9-25-16/h1-2,9-10,14,18,23-24H,3-8,11-13H2. The van der Waals surface area contributed by atoms with E-state index in [-0.39, 0.29) is 6.61 Å². The monoisotopic (exact) mass is 346 g/mol. The number of furan rings is 1. The Labute approximate surface area is 147 Å². The largest absolute Gasteiger partial charge is 0.468 e. The molecule has 2 N–H and O–H groups in total. The molecular weight excluding hydrogens is 320 g/mol. The van der Waals surface area contributed by atoms with Crippen LogP contribution in [0.25, 0.3) is 0 Å². The van der Waals surface area contributed by atoms with Crippen molar-refractivity contribution in [2.24, 2.45) is 0 Å². The Hall–Kier alpha value is -1.67. The molecule has 2 aliphatic rings. The average molecular weight is 346 g/mol. The molecule has 7 heteroatoms. The zero-order valence-electron chi connectivity index (χ0n) is 14.4. The second-order valence-electron chi connectivity index (χ2n) is 7.04. The summed E-state index contributed by atoms with van der Waals surface area (Å²) in [5.74, 6) is 1.04. The van der Waals surface area contributed by atoms with Crippen molar-refractivity contribution in [3.05, 3.63) is 41.6 Å². The second-order valence-corrected chi connectivity index (χ2v) is 7.04. The van der Waals surface area contributed by atoms with Gasteiger partial charge in [0.1, 0.15) is 11.9 Å². The quantitative estimate of drug-likeness (QED) is 0.840. The summed E-state index contributed by atoms with van der Waals surface area (Å²) in [6, 6.07) is 6.51. The Kier molecular flexibility index (Phi) is 4.89. The van der Waals surface area contributed by atoms with Crippen LogP contribution in [-0.2, 0) is 19.6 Å². The number of aromatic nitrogens is 2. The fourth-order valence-electron chi connectivity index (χ4n) is 3.94. The number of aliphatic hydroxyl groups is 2. The molecule has 2 aromatic rings. The van der Waals surface area contributed by atoms with Gasteiger partial charge in [0.05, 0.1) is 37.3 Å². The Balaban J connectivity index is 1.32. The highest BCUT2D eigenvalue weighted by molar-refractivity contribution is 5.14. The molecule has 0 radical (unpaired) electrons. The first kappa shape index (κ1) is 16.8. The van der Waals surface area contributed by atoms with Gasteiger partial charge in [-0.15, -0.1) is 0 Å². The van der Waals surface area contributed by atoms with Gasteiger partial charge in [0, 0.05) is 32.2 Å². The summed E-state index contributed by atoms with van der Waals surface area (Å²) in [7, 11) is 0. The van der Waals surface area contributed by atoms with E-state index in [0.717, 1.165) is 50.7 Å². The number of hydrogen-bond donors (Lipinski definition) is 2. The SMILES string of the molecule is OCC(O)c1cc2n(n1)CCN(C1CCN(Cc3ccco3)CC1)C2. The van der Waals surface area contributed by atoms with Crippen LogP contribution >= 0.6 is 0 Å². The number of likely N-dealkylation sites (tertiary alicyclic amines) is 1. The molecule has 0 amide bonds. The van der Waals surface area contributed by atoms with E-state index in [1.807, 2.05) is 22.9 Å². The summed E-state index contributed by atoms with van der Waals surface area (Å²) in [6.07, 6.45) is 3.19. The smallest absolute Gasteiger partial charge is 0.121 e.